The number of halogens is 1. The Balaban J connectivity index is 0.00000225. The smallest absolute Gasteiger partial charge is 0.326 e. The van der Waals surface area contributed by atoms with Gasteiger partial charge in [0, 0.05) is 31.2 Å². The predicted molar refractivity (Wildman–Crippen MR) is 114 cm³/mol. The number of aryl methyl sites for hydroxylation is 1. The number of aromatic nitrogens is 2. The first-order valence-corrected chi connectivity index (χ1v) is 9.44. The van der Waals surface area contributed by atoms with E-state index >= 15 is 0 Å². The molecular formula is C21H25ClN4O2. The summed E-state index contributed by atoms with van der Waals surface area (Å²) in [4.78, 5) is 29.8. The molecule has 0 radical (unpaired) electrons. The van der Waals surface area contributed by atoms with E-state index in [0.717, 1.165) is 35.1 Å². The molecule has 1 amide bonds. The van der Waals surface area contributed by atoms with Crippen LogP contribution in [0.5, 0.6) is 0 Å². The maximum absolute atomic E-state index is 12.6. The summed E-state index contributed by atoms with van der Waals surface area (Å²) < 4.78 is 1.85. The number of anilines is 1. The second-order valence-electron chi connectivity index (χ2n) is 7.13. The van der Waals surface area contributed by atoms with Crippen LogP contribution >= 0.6 is 12.4 Å². The lowest BCUT2D eigenvalue weighted by atomic mass is 10.0. The number of hydrogen-bond acceptors (Lipinski definition) is 3. The maximum atomic E-state index is 12.6. The zero-order valence-electron chi connectivity index (χ0n) is 15.6. The molecule has 1 saturated heterocycles. The summed E-state index contributed by atoms with van der Waals surface area (Å²) in [5.74, 6) is 0.156. The third-order valence-corrected chi connectivity index (χ3v) is 5.47. The number of H-pyrrole nitrogens is 1. The van der Waals surface area contributed by atoms with Crippen LogP contribution in [0.4, 0.5) is 5.69 Å². The van der Waals surface area contributed by atoms with Gasteiger partial charge in [0.1, 0.15) is 0 Å². The lowest BCUT2D eigenvalue weighted by molar-refractivity contribution is -0.132. The van der Waals surface area contributed by atoms with Crippen molar-refractivity contribution in [1.82, 2.24) is 14.5 Å². The van der Waals surface area contributed by atoms with E-state index in [2.05, 4.69) is 4.98 Å². The number of fused-ring (bicyclic) bond motifs is 1. The Kier molecular flexibility index (Phi) is 6.09. The fraction of sp³-hybridized carbons (Fsp3) is 0.333. The van der Waals surface area contributed by atoms with Crippen molar-refractivity contribution in [1.29, 1.82) is 0 Å². The highest BCUT2D eigenvalue weighted by atomic mass is 35.5. The molecule has 1 aromatic heterocycles. The van der Waals surface area contributed by atoms with Gasteiger partial charge >= 0.3 is 5.69 Å². The largest absolute Gasteiger partial charge is 0.399 e. The van der Waals surface area contributed by atoms with Gasteiger partial charge in [-0.2, -0.15) is 0 Å². The van der Waals surface area contributed by atoms with Gasteiger partial charge in [-0.1, -0.05) is 30.3 Å². The number of hydrogen-bond donors (Lipinski definition) is 2. The average molecular weight is 401 g/mol. The molecule has 1 fully saturated rings. The number of piperidine rings is 1. The molecule has 0 spiro atoms. The second-order valence-corrected chi connectivity index (χ2v) is 7.13. The Bertz CT molecular complexity index is 1020. The van der Waals surface area contributed by atoms with Crippen molar-refractivity contribution < 1.29 is 4.79 Å². The molecule has 2 heterocycles. The molecular weight excluding hydrogens is 376 g/mol. The predicted octanol–water partition coefficient (Wildman–Crippen LogP) is 3.13. The summed E-state index contributed by atoms with van der Waals surface area (Å²) in [6.07, 6.45) is 2.71. The van der Waals surface area contributed by atoms with Gasteiger partial charge in [0.05, 0.1) is 11.0 Å². The highest BCUT2D eigenvalue weighted by molar-refractivity contribution is 5.85. The molecule has 3 aromatic rings. The fourth-order valence-corrected chi connectivity index (χ4v) is 3.97. The van der Waals surface area contributed by atoms with Gasteiger partial charge in [0.2, 0.25) is 5.91 Å². The van der Waals surface area contributed by atoms with E-state index in [1.807, 2.05) is 58.0 Å². The van der Waals surface area contributed by atoms with E-state index < -0.39 is 0 Å². The first-order valence-electron chi connectivity index (χ1n) is 9.44. The number of likely N-dealkylation sites (tertiary alicyclic amines) is 1. The number of para-hydroxylation sites is 3. The Morgan fingerprint density at radius 1 is 1.07 bits per heavy atom. The molecule has 0 atom stereocenters. The van der Waals surface area contributed by atoms with Gasteiger partial charge in [-0.25, -0.2) is 4.79 Å². The number of amides is 1. The van der Waals surface area contributed by atoms with Crippen molar-refractivity contribution in [3.8, 4) is 0 Å². The van der Waals surface area contributed by atoms with Crippen LogP contribution in [0.3, 0.4) is 0 Å². The molecule has 7 heteroatoms. The minimum Gasteiger partial charge on any atom is -0.399 e. The molecule has 0 unspecified atom stereocenters. The summed E-state index contributed by atoms with van der Waals surface area (Å²) in [6, 6.07) is 15.6. The molecule has 28 heavy (non-hydrogen) atoms. The zero-order chi connectivity index (χ0) is 18.8. The van der Waals surface area contributed by atoms with E-state index in [1.165, 1.54) is 0 Å². The summed E-state index contributed by atoms with van der Waals surface area (Å²) in [5, 5.41) is 0. The van der Waals surface area contributed by atoms with Crippen LogP contribution < -0.4 is 11.4 Å². The number of aromatic amines is 1. The minimum absolute atomic E-state index is 0. The Hall–Kier alpha value is -2.73. The van der Waals surface area contributed by atoms with Crippen molar-refractivity contribution in [2.75, 3.05) is 18.8 Å². The van der Waals surface area contributed by atoms with Gasteiger partial charge < -0.3 is 15.6 Å². The van der Waals surface area contributed by atoms with E-state index in [4.69, 9.17) is 5.73 Å². The van der Waals surface area contributed by atoms with E-state index in [9.17, 15) is 9.59 Å². The van der Waals surface area contributed by atoms with Crippen LogP contribution in [0.25, 0.3) is 11.0 Å². The standard InChI is InChI=1S/C21H24N4O2.ClH/c22-17-6-2-1-5-15(17)9-10-20(26)24-13-11-16(12-14-24)25-19-8-4-3-7-18(19)23-21(25)27;/h1-8,16H,9-14,22H2,(H,23,27);1H. The molecule has 6 nitrogen and oxygen atoms in total. The molecule has 0 bridgehead atoms. The minimum atomic E-state index is -0.0690. The van der Waals surface area contributed by atoms with E-state index in [0.29, 0.717) is 25.9 Å². The summed E-state index contributed by atoms with van der Waals surface area (Å²) in [5.41, 5.74) is 9.45. The maximum Gasteiger partial charge on any atom is 0.326 e. The van der Waals surface area contributed by atoms with Crippen LogP contribution in [-0.4, -0.2) is 33.4 Å². The van der Waals surface area contributed by atoms with Gasteiger partial charge in [0.15, 0.2) is 0 Å². The van der Waals surface area contributed by atoms with Gasteiger partial charge in [-0.05, 0) is 43.0 Å². The van der Waals surface area contributed by atoms with Crippen molar-refractivity contribution in [3.63, 3.8) is 0 Å². The van der Waals surface area contributed by atoms with Crippen LogP contribution in [-0.2, 0) is 11.2 Å². The third kappa shape index (κ3) is 3.92. The van der Waals surface area contributed by atoms with Crippen LogP contribution in [0.15, 0.2) is 53.3 Å². The highest BCUT2D eigenvalue weighted by Gasteiger charge is 2.25. The Morgan fingerprint density at radius 3 is 2.50 bits per heavy atom. The molecule has 3 N–H and O–H groups in total. The number of carbonyl (C=O) groups is 1. The van der Waals surface area contributed by atoms with Crippen molar-refractivity contribution >= 4 is 35.0 Å². The van der Waals surface area contributed by atoms with Crippen molar-refractivity contribution in [3.05, 3.63) is 64.6 Å². The molecule has 2 aromatic carbocycles. The topological polar surface area (TPSA) is 84.1 Å². The van der Waals surface area contributed by atoms with Crippen molar-refractivity contribution in [2.45, 2.75) is 31.7 Å². The molecule has 0 aliphatic carbocycles. The number of benzene rings is 2. The number of imidazole rings is 1. The summed E-state index contributed by atoms with van der Waals surface area (Å²) in [7, 11) is 0. The number of nitrogens with two attached hydrogens (primary N) is 1. The molecule has 1 aliphatic rings. The SMILES string of the molecule is Cl.Nc1ccccc1CCC(=O)N1CCC(n2c(=O)[nH]c3ccccc32)CC1. The zero-order valence-corrected chi connectivity index (χ0v) is 16.5. The number of rotatable bonds is 4. The first-order chi connectivity index (χ1) is 13.1. The Labute approximate surface area is 169 Å². The number of nitrogens with one attached hydrogen (secondary N) is 1. The van der Waals surface area contributed by atoms with E-state index in [-0.39, 0.29) is 30.0 Å². The monoisotopic (exact) mass is 400 g/mol. The molecule has 4 rings (SSSR count). The molecule has 1 aliphatic heterocycles. The highest BCUT2D eigenvalue weighted by Crippen LogP contribution is 2.25. The van der Waals surface area contributed by atoms with Gasteiger partial charge in [-0.15, -0.1) is 12.4 Å². The molecule has 0 saturated carbocycles. The summed E-state index contributed by atoms with van der Waals surface area (Å²) >= 11 is 0. The van der Waals surface area contributed by atoms with Crippen LogP contribution in [0, 0.1) is 0 Å². The number of carbonyl (C=O) groups excluding carboxylic acids is 1. The van der Waals surface area contributed by atoms with Crippen LogP contribution in [0.1, 0.15) is 30.9 Å². The lowest BCUT2D eigenvalue weighted by Gasteiger charge is -2.32. The van der Waals surface area contributed by atoms with Gasteiger partial charge in [0.25, 0.3) is 0 Å². The quantitative estimate of drug-likeness (QED) is 0.660. The van der Waals surface area contributed by atoms with Gasteiger partial charge in [-0.3, -0.25) is 9.36 Å². The average Bonchev–Trinajstić information content (AvgIpc) is 3.03. The number of nitrogen functional groups attached to an aromatic ring is 1. The molecule has 148 valence electrons. The third-order valence-electron chi connectivity index (χ3n) is 5.47. The first kappa shape index (κ1) is 20.0. The van der Waals surface area contributed by atoms with Crippen LogP contribution in [0.2, 0.25) is 0 Å². The fourth-order valence-electron chi connectivity index (χ4n) is 3.97. The second kappa shape index (κ2) is 8.52. The number of nitrogens with zero attached hydrogens (tertiary/aromatic N) is 2. The lowest BCUT2D eigenvalue weighted by Crippen LogP contribution is -2.40. The van der Waals surface area contributed by atoms with E-state index in [1.54, 1.807) is 0 Å². The summed E-state index contributed by atoms with van der Waals surface area (Å²) in [6.45, 7) is 1.36. The van der Waals surface area contributed by atoms with Crippen molar-refractivity contribution in [2.24, 2.45) is 0 Å². The normalized spacial score (nSPS) is 14.8. The Morgan fingerprint density at radius 2 is 1.75 bits per heavy atom.